The summed E-state index contributed by atoms with van der Waals surface area (Å²) >= 11 is 0. The predicted octanol–water partition coefficient (Wildman–Crippen LogP) is -0.841. The standard InChI is InChI=1S/C11H20N6O3S/c1-8(11(12)15-18)16-3-5-17(6-4-16)21(19,20)10-7-13-9(2)14-10/h7-8,18H,3-6H2,1-2H3,(H2,12,15)(H,13,14). The number of hydrogen-bond acceptors (Lipinski definition) is 6. The topological polar surface area (TPSA) is 128 Å². The Balaban J connectivity index is 2.04. The zero-order valence-corrected chi connectivity index (χ0v) is 12.8. The van der Waals surface area contributed by atoms with E-state index in [1.165, 1.54) is 10.5 Å². The number of piperazine rings is 1. The zero-order chi connectivity index (χ0) is 15.6. The van der Waals surface area contributed by atoms with Gasteiger partial charge in [-0.15, -0.1) is 0 Å². The Labute approximate surface area is 123 Å². The van der Waals surface area contributed by atoms with E-state index in [0.29, 0.717) is 32.0 Å². The molecule has 0 aliphatic carbocycles. The van der Waals surface area contributed by atoms with E-state index >= 15 is 0 Å². The fourth-order valence-corrected chi connectivity index (χ4v) is 3.66. The molecule has 1 aliphatic rings. The van der Waals surface area contributed by atoms with E-state index in [1.54, 1.807) is 6.92 Å². The van der Waals surface area contributed by atoms with Crippen LogP contribution >= 0.6 is 0 Å². The van der Waals surface area contributed by atoms with Crippen LogP contribution in [0.25, 0.3) is 0 Å². The van der Waals surface area contributed by atoms with Gasteiger partial charge < -0.3 is 15.9 Å². The van der Waals surface area contributed by atoms with Gasteiger partial charge in [0.25, 0.3) is 10.0 Å². The van der Waals surface area contributed by atoms with Crippen molar-refractivity contribution in [2.75, 3.05) is 26.2 Å². The van der Waals surface area contributed by atoms with Gasteiger partial charge >= 0.3 is 0 Å². The van der Waals surface area contributed by atoms with E-state index < -0.39 is 10.0 Å². The number of aryl methyl sites for hydroxylation is 1. The first kappa shape index (κ1) is 15.7. The lowest BCUT2D eigenvalue weighted by Crippen LogP contribution is -2.54. The van der Waals surface area contributed by atoms with Crippen LogP contribution < -0.4 is 5.73 Å². The summed E-state index contributed by atoms with van der Waals surface area (Å²) in [5.41, 5.74) is 5.57. The van der Waals surface area contributed by atoms with Gasteiger partial charge in [0.1, 0.15) is 5.82 Å². The maximum absolute atomic E-state index is 12.4. The van der Waals surface area contributed by atoms with E-state index in [1.807, 2.05) is 11.8 Å². The third kappa shape index (κ3) is 3.17. The summed E-state index contributed by atoms with van der Waals surface area (Å²) in [7, 11) is -3.54. The zero-order valence-electron chi connectivity index (χ0n) is 12.0. The average Bonchev–Trinajstić information content (AvgIpc) is 2.93. The Bertz CT molecular complexity index is 618. The van der Waals surface area contributed by atoms with Crippen LogP contribution in [0.2, 0.25) is 0 Å². The van der Waals surface area contributed by atoms with Gasteiger partial charge in [-0.05, 0) is 13.8 Å². The Morgan fingerprint density at radius 3 is 2.57 bits per heavy atom. The van der Waals surface area contributed by atoms with E-state index in [-0.39, 0.29) is 16.9 Å². The summed E-state index contributed by atoms with van der Waals surface area (Å²) in [5, 5.41) is 11.8. The maximum atomic E-state index is 12.4. The first-order valence-corrected chi connectivity index (χ1v) is 8.03. The molecule has 2 rings (SSSR count). The van der Waals surface area contributed by atoms with Gasteiger partial charge in [0.2, 0.25) is 0 Å². The van der Waals surface area contributed by atoms with E-state index in [0.717, 1.165) is 0 Å². The molecule has 2 heterocycles. The van der Waals surface area contributed by atoms with Gasteiger partial charge in [0.05, 0.1) is 12.2 Å². The number of sulfonamides is 1. The number of H-pyrrole nitrogens is 1. The number of rotatable bonds is 4. The van der Waals surface area contributed by atoms with Crippen molar-refractivity contribution in [1.29, 1.82) is 0 Å². The summed E-state index contributed by atoms with van der Waals surface area (Å²) < 4.78 is 26.2. The Kier molecular flexibility index (Phi) is 4.49. The SMILES string of the molecule is Cc1ncc(S(=O)(=O)N2CCN(C(C)C(N)=NO)CC2)[nH]1. The molecule has 1 aromatic rings. The predicted molar refractivity (Wildman–Crippen MR) is 76.5 cm³/mol. The molecule has 0 saturated carbocycles. The fourth-order valence-electron chi connectivity index (χ4n) is 2.27. The van der Waals surface area contributed by atoms with Crippen molar-refractivity contribution in [2.24, 2.45) is 10.9 Å². The second-order valence-electron chi connectivity index (χ2n) is 4.97. The van der Waals surface area contributed by atoms with Gasteiger partial charge in [0.15, 0.2) is 10.9 Å². The number of aromatic nitrogens is 2. The molecule has 1 atom stereocenters. The summed E-state index contributed by atoms with van der Waals surface area (Å²) in [6.07, 6.45) is 1.33. The van der Waals surface area contributed by atoms with Crippen LogP contribution in [0.4, 0.5) is 0 Å². The van der Waals surface area contributed by atoms with Gasteiger partial charge in [-0.3, -0.25) is 4.90 Å². The molecule has 0 bridgehead atoms. The lowest BCUT2D eigenvalue weighted by molar-refractivity contribution is 0.171. The minimum absolute atomic E-state index is 0.109. The summed E-state index contributed by atoms with van der Waals surface area (Å²) in [6, 6.07) is -0.228. The van der Waals surface area contributed by atoms with Crippen LogP contribution in [0, 0.1) is 6.92 Å². The molecular formula is C11H20N6O3S. The van der Waals surface area contributed by atoms with E-state index in [4.69, 9.17) is 10.9 Å². The molecule has 4 N–H and O–H groups in total. The Morgan fingerprint density at radius 1 is 1.48 bits per heavy atom. The third-order valence-corrected chi connectivity index (χ3v) is 5.47. The molecule has 1 fully saturated rings. The quantitative estimate of drug-likeness (QED) is 0.287. The minimum atomic E-state index is -3.54. The van der Waals surface area contributed by atoms with Crippen molar-refractivity contribution in [2.45, 2.75) is 24.9 Å². The second-order valence-corrected chi connectivity index (χ2v) is 6.88. The van der Waals surface area contributed by atoms with Gasteiger partial charge in [-0.2, -0.15) is 4.31 Å². The summed E-state index contributed by atoms with van der Waals surface area (Å²) in [6.45, 7) is 5.26. The molecule has 1 aromatic heterocycles. The van der Waals surface area contributed by atoms with Gasteiger partial charge in [-0.25, -0.2) is 13.4 Å². The van der Waals surface area contributed by atoms with Crippen LogP contribution in [0.5, 0.6) is 0 Å². The number of aromatic amines is 1. The molecule has 0 aromatic carbocycles. The Morgan fingerprint density at radius 2 is 2.10 bits per heavy atom. The molecule has 0 amide bonds. The van der Waals surface area contributed by atoms with Crippen molar-refractivity contribution < 1.29 is 13.6 Å². The van der Waals surface area contributed by atoms with Gasteiger partial charge in [-0.1, -0.05) is 5.16 Å². The van der Waals surface area contributed by atoms with Crippen LogP contribution in [0.3, 0.4) is 0 Å². The number of nitrogens with two attached hydrogens (primary N) is 1. The molecule has 10 heteroatoms. The molecule has 9 nitrogen and oxygen atoms in total. The van der Waals surface area contributed by atoms with E-state index in [2.05, 4.69) is 15.1 Å². The molecule has 1 saturated heterocycles. The first-order valence-electron chi connectivity index (χ1n) is 6.59. The molecule has 1 unspecified atom stereocenters. The lowest BCUT2D eigenvalue weighted by atomic mass is 10.2. The van der Waals surface area contributed by atoms with Gasteiger partial charge in [0, 0.05) is 26.2 Å². The molecule has 0 radical (unpaired) electrons. The summed E-state index contributed by atoms with van der Waals surface area (Å²) in [5.74, 6) is 0.684. The largest absolute Gasteiger partial charge is 0.409 e. The van der Waals surface area contributed by atoms with Crippen molar-refractivity contribution in [3.05, 3.63) is 12.0 Å². The van der Waals surface area contributed by atoms with Crippen molar-refractivity contribution >= 4 is 15.9 Å². The highest BCUT2D eigenvalue weighted by molar-refractivity contribution is 7.89. The number of imidazole rings is 1. The monoisotopic (exact) mass is 316 g/mol. The number of oxime groups is 1. The molecule has 21 heavy (non-hydrogen) atoms. The lowest BCUT2D eigenvalue weighted by Gasteiger charge is -2.36. The normalized spacial score (nSPS) is 20.6. The number of nitrogens with zero attached hydrogens (tertiary/aromatic N) is 4. The highest BCUT2D eigenvalue weighted by atomic mass is 32.2. The van der Waals surface area contributed by atoms with Crippen molar-refractivity contribution in [1.82, 2.24) is 19.2 Å². The highest BCUT2D eigenvalue weighted by Gasteiger charge is 2.31. The Hall–Kier alpha value is -1.65. The molecule has 118 valence electrons. The second kappa shape index (κ2) is 6.00. The smallest absolute Gasteiger partial charge is 0.260 e. The molecule has 1 aliphatic heterocycles. The fraction of sp³-hybridized carbons (Fsp3) is 0.636. The van der Waals surface area contributed by atoms with Crippen molar-refractivity contribution in [3.63, 3.8) is 0 Å². The van der Waals surface area contributed by atoms with E-state index in [9.17, 15) is 8.42 Å². The number of hydrogen-bond donors (Lipinski definition) is 3. The first-order chi connectivity index (χ1) is 9.86. The maximum Gasteiger partial charge on any atom is 0.260 e. The number of nitrogens with one attached hydrogen (secondary N) is 1. The number of amidine groups is 1. The van der Waals surface area contributed by atoms with Crippen LogP contribution in [0.1, 0.15) is 12.7 Å². The average molecular weight is 316 g/mol. The van der Waals surface area contributed by atoms with Crippen LogP contribution in [0.15, 0.2) is 16.4 Å². The minimum Gasteiger partial charge on any atom is -0.409 e. The van der Waals surface area contributed by atoms with Crippen molar-refractivity contribution in [3.8, 4) is 0 Å². The molecular weight excluding hydrogens is 296 g/mol. The summed E-state index contributed by atoms with van der Waals surface area (Å²) in [4.78, 5) is 8.64. The van der Waals surface area contributed by atoms with Crippen LogP contribution in [-0.4, -0.2) is 70.9 Å². The molecule has 0 spiro atoms. The third-order valence-electron chi connectivity index (χ3n) is 3.66. The highest BCUT2D eigenvalue weighted by Crippen LogP contribution is 2.16. The van der Waals surface area contributed by atoms with Crippen LogP contribution in [-0.2, 0) is 10.0 Å².